The summed E-state index contributed by atoms with van der Waals surface area (Å²) in [7, 11) is 1.49. The number of hydrogen-bond acceptors (Lipinski definition) is 10. The Morgan fingerprint density at radius 3 is 2.12 bits per heavy atom. The largest absolute Gasteiger partial charge is 0.504 e. The van der Waals surface area contributed by atoms with E-state index in [2.05, 4.69) is 0 Å². The lowest BCUT2D eigenvalue weighted by molar-refractivity contribution is -0.119. The highest BCUT2D eigenvalue weighted by molar-refractivity contribution is 5.87. The molecule has 0 aliphatic carbocycles. The van der Waals surface area contributed by atoms with Crippen molar-refractivity contribution in [3.63, 3.8) is 0 Å². The summed E-state index contributed by atoms with van der Waals surface area (Å²) in [5, 5.41) is 11.0. The van der Waals surface area contributed by atoms with E-state index in [4.69, 9.17) is 37.6 Å². The van der Waals surface area contributed by atoms with Crippen molar-refractivity contribution in [3.05, 3.63) is 70.2 Å². The molecule has 218 valence electrons. The van der Waals surface area contributed by atoms with E-state index in [0.717, 1.165) is 6.42 Å². The Bertz CT molecular complexity index is 1580. The number of hydrogen-bond donors (Lipinski definition) is 1. The fourth-order valence-corrected chi connectivity index (χ4v) is 4.64. The molecule has 10 heteroatoms. The van der Waals surface area contributed by atoms with Gasteiger partial charge >= 0.3 is 0 Å². The number of benzene rings is 2. The summed E-state index contributed by atoms with van der Waals surface area (Å²) in [4.78, 5) is 13.5. The summed E-state index contributed by atoms with van der Waals surface area (Å²) in [5.41, 5.74) is 1.13. The molecule has 0 saturated carbocycles. The molecule has 0 unspecified atom stereocenters. The van der Waals surface area contributed by atoms with Crippen molar-refractivity contribution < 1.29 is 42.7 Å². The lowest BCUT2D eigenvalue weighted by Gasteiger charge is -2.19. The fraction of sp³-hybridized carbons (Fsp3) is 0.387. The zero-order valence-corrected chi connectivity index (χ0v) is 24.0. The van der Waals surface area contributed by atoms with E-state index >= 15 is 0 Å². The first kappa shape index (κ1) is 28.1. The highest BCUT2D eigenvalue weighted by Gasteiger charge is 2.29. The smallest absolute Gasteiger partial charge is 0.244 e. The lowest BCUT2D eigenvalue weighted by Crippen LogP contribution is -2.21. The monoisotopic (exact) mass is 566 g/mol. The minimum atomic E-state index is -0.801. The second-order valence-electron chi connectivity index (χ2n) is 10.6. The molecule has 10 nitrogen and oxygen atoms in total. The zero-order valence-electron chi connectivity index (χ0n) is 24.0. The van der Waals surface area contributed by atoms with Gasteiger partial charge in [0.2, 0.25) is 11.6 Å². The summed E-state index contributed by atoms with van der Waals surface area (Å²) >= 11 is 0. The Morgan fingerprint density at radius 2 is 1.54 bits per heavy atom. The number of ether oxygens (including phenoxy) is 7. The quantitative estimate of drug-likeness (QED) is 0.307. The number of fused-ring (bicyclic) bond motifs is 1. The third-order valence-electron chi connectivity index (χ3n) is 6.45. The third kappa shape index (κ3) is 6.01. The van der Waals surface area contributed by atoms with Crippen LogP contribution < -0.4 is 19.6 Å². The highest BCUT2D eigenvalue weighted by Crippen LogP contribution is 2.40. The van der Waals surface area contributed by atoms with E-state index < -0.39 is 11.6 Å². The van der Waals surface area contributed by atoms with E-state index in [1.165, 1.54) is 25.7 Å². The van der Waals surface area contributed by atoms with Crippen molar-refractivity contribution >= 4 is 11.0 Å². The molecule has 1 aromatic heterocycles. The maximum Gasteiger partial charge on any atom is 0.244 e. The average Bonchev–Trinajstić information content (AvgIpc) is 3.46. The van der Waals surface area contributed by atoms with Gasteiger partial charge in [-0.25, -0.2) is 0 Å². The van der Waals surface area contributed by atoms with Crippen LogP contribution in [-0.4, -0.2) is 37.0 Å². The first-order chi connectivity index (χ1) is 19.5. The Hall–Kier alpha value is -4.47. The normalized spacial score (nSPS) is 16.6. The molecule has 2 aliphatic rings. The van der Waals surface area contributed by atoms with Gasteiger partial charge in [0.15, 0.2) is 28.4 Å². The summed E-state index contributed by atoms with van der Waals surface area (Å²) in [6, 6.07) is 8.03. The molecule has 0 saturated heterocycles. The maximum atomic E-state index is 13.5. The second kappa shape index (κ2) is 10.8. The van der Waals surface area contributed by atoms with Gasteiger partial charge in [0.25, 0.3) is 0 Å². The van der Waals surface area contributed by atoms with Crippen LogP contribution in [0.2, 0.25) is 0 Å². The van der Waals surface area contributed by atoms with Crippen LogP contribution >= 0.6 is 0 Å². The maximum absolute atomic E-state index is 13.5. The van der Waals surface area contributed by atoms with E-state index in [-0.39, 0.29) is 41.1 Å². The minimum absolute atomic E-state index is 0.0145. The second-order valence-corrected chi connectivity index (χ2v) is 10.6. The summed E-state index contributed by atoms with van der Waals surface area (Å²) < 4.78 is 46.0. The Kier molecular flexibility index (Phi) is 7.42. The van der Waals surface area contributed by atoms with Gasteiger partial charge in [-0.05, 0) is 18.6 Å². The van der Waals surface area contributed by atoms with Gasteiger partial charge in [0, 0.05) is 57.0 Å². The van der Waals surface area contributed by atoms with Crippen molar-refractivity contribution in [2.45, 2.75) is 59.0 Å². The molecular weight excluding hydrogens is 532 g/mol. The number of rotatable bonds is 10. The molecule has 41 heavy (non-hydrogen) atoms. The Labute approximate surface area is 237 Å². The van der Waals surface area contributed by atoms with Gasteiger partial charge < -0.3 is 42.7 Å². The molecule has 5 rings (SSSR count). The average molecular weight is 567 g/mol. The van der Waals surface area contributed by atoms with Gasteiger partial charge in [-0.15, -0.1) is 0 Å². The molecule has 2 aliphatic heterocycles. The van der Waals surface area contributed by atoms with E-state index in [1.54, 1.807) is 52.0 Å². The number of phenols is 1. The van der Waals surface area contributed by atoms with Crippen LogP contribution in [0.3, 0.4) is 0 Å². The molecule has 2 aromatic carbocycles. The Morgan fingerprint density at radius 1 is 0.878 bits per heavy atom. The van der Waals surface area contributed by atoms with Crippen molar-refractivity contribution in [3.8, 4) is 34.3 Å². The molecule has 3 aromatic rings. The molecular formula is C31H34O10. The SMILES string of the molecule is CCCc1c(-c2cc(=O)c3c(OCC4=COC(C)(C)O4)cc(OCC4=COC(C)(C)O4)cc3o2)ccc(OC)c1O. The first-order valence-electron chi connectivity index (χ1n) is 13.4. The molecule has 3 heterocycles. The predicted molar refractivity (Wildman–Crippen MR) is 150 cm³/mol. The summed E-state index contributed by atoms with van der Waals surface area (Å²) in [6.07, 6.45) is 4.31. The van der Waals surface area contributed by atoms with E-state index in [9.17, 15) is 9.90 Å². The van der Waals surface area contributed by atoms with Crippen molar-refractivity contribution in [1.29, 1.82) is 0 Å². The predicted octanol–water partition coefficient (Wildman–Crippen LogP) is 6.13. The van der Waals surface area contributed by atoms with Crippen LogP contribution in [-0.2, 0) is 25.4 Å². The molecule has 0 radical (unpaired) electrons. The zero-order chi connectivity index (χ0) is 29.4. The van der Waals surface area contributed by atoms with Gasteiger partial charge in [0.05, 0.1) is 7.11 Å². The van der Waals surface area contributed by atoms with Crippen LogP contribution in [0.4, 0.5) is 0 Å². The summed E-state index contributed by atoms with van der Waals surface area (Å²) in [5.74, 6) is 0.683. The summed E-state index contributed by atoms with van der Waals surface area (Å²) in [6.45, 7) is 9.26. The van der Waals surface area contributed by atoms with Crippen molar-refractivity contribution in [2.75, 3.05) is 20.3 Å². The van der Waals surface area contributed by atoms with E-state index in [0.29, 0.717) is 46.3 Å². The van der Waals surface area contributed by atoms with Crippen LogP contribution in [0, 0.1) is 0 Å². The first-order valence-corrected chi connectivity index (χ1v) is 13.4. The minimum Gasteiger partial charge on any atom is -0.504 e. The van der Waals surface area contributed by atoms with Gasteiger partial charge in [-0.3, -0.25) is 4.79 Å². The van der Waals surface area contributed by atoms with Crippen molar-refractivity contribution in [2.24, 2.45) is 0 Å². The molecule has 0 fully saturated rings. The lowest BCUT2D eigenvalue weighted by atomic mass is 9.98. The van der Waals surface area contributed by atoms with E-state index in [1.807, 2.05) is 6.92 Å². The number of methoxy groups -OCH3 is 1. The molecule has 0 amide bonds. The highest BCUT2D eigenvalue weighted by atomic mass is 16.7. The molecule has 0 spiro atoms. The molecule has 1 N–H and O–H groups in total. The van der Waals surface area contributed by atoms with Crippen LogP contribution in [0.15, 0.2) is 63.6 Å². The van der Waals surface area contributed by atoms with Crippen molar-refractivity contribution in [1.82, 2.24) is 0 Å². The van der Waals surface area contributed by atoms with Gasteiger partial charge in [0.1, 0.15) is 54.0 Å². The fourth-order valence-electron chi connectivity index (χ4n) is 4.64. The van der Waals surface area contributed by atoms with Crippen LogP contribution in [0.1, 0.15) is 46.6 Å². The Balaban J connectivity index is 1.55. The molecule has 0 bridgehead atoms. The van der Waals surface area contributed by atoms with Crippen LogP contribution in [0.5, 0.6) is 23.0 Å². The number of aromatic hydroxyl groups is 1. The third-order valence-corrected chi connectivity index (χ3v) is 6.45. The molecule has 0 atom stereocenters. The van der Waals surface area contributed by atoms with Gasteiger partial charge in [-0.1, -0.05) is 13.3 Å². The van der Waals surface area contributed by atoms with Crippen LogP contribution in [0.25, 0.3) is 22.3 Å². The topological polar surface area (TPSA) is 115 Å². The van der Waals surface area contributed by atoms with Gasteiger partial charge in [-0.2, -0.15) is 0 Å². The number of phenolic OH excluding ortho intramolecular Hbond substituents is 1. The standard InChI is InChI=1S/C31H34O10/c1-7-8-22-21(9-10-24(34-6)29(22)33)25-13-23(32)28-26(36-15-20-17-38-31(4,5)41-20)11-18(12-27(28)39-25)35-14-19-16-37-30(2,3)40-19/h9-13,16-17,33H,7-8,14-15H2,1-6H3.